The minimum atomic E-state index is 0.209. The fourth-order valence-electron chi connectivity index (χ4n) is 2.54. The molecule has 0 aromatic rings. The Kier molecular flexibility index (Phi) is 6.48. The van der Waals surface area contributed by atoms with Crippen LogP contribution in [0, 0.1) is 11.8 Å². The van der Waals surface area contributed by atoms with E-state index in [1.807, 2.05) is 25.2 Å². The summed E-state index contributed by atoms with van der Waals surface area (Å²) in [5.41, 5.74) is 1.09. The predicted octanol–water partition coefficient (Wildman–Crippen LogP) is 3.62. The molecule has 0 heterocycles. The molecular weight excluding hydrogens is 222 g/mol. The molecule has 100 valence electrons. The van der Waals surface area contributed by atoms with Gasteiger partial charge in [0, 0.05) is 12.5 Å². The van der Waals surface area contributed by atoms with Gasteiger partial charge in [0.15, 0.2) is 0 Å². The normalized spacial score (nSPS) is 25.1. The quantitative estimate of drug-likeness (QED) is 0.739. The van der Waals surface area contributed by atoms with Gasteiger partial charge in [0.25, 0.3) is 0 Å². The summed E-state index contributed by atoms with van der Waals surface area (Å²) in [6.45, 7) is 8.50. The summed E-state index contributed by atoms with van der Waals surface area (Å²) >= 11 is 0. The molecule has 1 aliphatic rings. The topological polar surface area (TPSA) is 29.1 Å². The lowest BCUT2D eigenvalue weighted by atomic mass is 9.82. The summed E-state index contributed by atoms with van der Waals surface area (Å²) < 4.78 is 0. The van der Waals surface area contributed by atoms with E-state index in [4.69, 9.17) is 0 Å². The van der Waals surface area contributed by atoms with E-state index in [9.17, 15) is 4.79 Å². The SMILES string of the molecule is C=C/C=C(\C=C/C)CNC(=O)C1CCCC(C)C1. The first-order valence-electron chi connectivity index (χ1n) is 6.89. The van der Waals surface area contributed by atoms with Crippen molar-refractivity contribution in [1.29, 1.82) is 0 Å². The van der Waals surface area contributed by atoms with Gasteiger partial charge in [-0.05, 0) is 31.3 Å². The van der Waals surface area contributed by atoms with Gasteiger partial charge in [-0.25, -0.2) is 0 Å². The van der Waals surface area contributed by atoms with Gasteiger partial charge in [-0.3, -0.25) is 4.79 Å². The second-order valence-electron chi connectivity index (χ2n) is 5.16. The highest BCUT2D eigenvalue weighted by atomic mass is 16.1. The van der Waals surface area contributed by atoms with Gasteiger partial charge < -0.3 is 5.32 Å². The largest absolute Gasteiger partial charge is 0.352 e. The van der Waals surface area contributed by atoms with E-state index in [2.05, 4.69) is 18.8 Å². The highest BCUT2D eigenvalue weighted by molar-refractivity contribution is 5.79. The van der Waals surface area contributed by atoms with E-state index in [-0.39, 0.29) is 11.8 Å². The monoisotopic (exact) mass is 247 g/mol. The van der Waals surface area contributed by atoms with Crippen LogP contribution in [0.5, 0.6) is 0 Å². The maximum absolute atomic E-state index is 12.1. The summed E-state index contributed by atoms with van der Waals surface area (Å²) in [5.74, 6) is 1.11. The second kappa shape index (κ2) is 7.91. The number of rotatable bonds is 5. The summed E-state index contributed by atoms with van der Waals surface area (Å²) in [6.07, 6.45) is 12.2. The van der Waals surface area contributed by atoms with Crippen molar-refractivity contribution in [2.24, 2.45) is 11.8 Å². The van der Waals surface area contributed by atoms with Crippen LogP contribution >= 0.6 is 0 Å². The first-order chi connectivity index (χ1) is 8.67. The number of allylic oxidation sites excluding steroid dienone is 3. The van der Waals surface area contributed by atoms with Crippen LogP contribution in [0.4, 0.5) is 0 Å². The molecule has 0 bridgehead atoms. The zero-order valence-corrected chi connectivity index (χ0v) is 11.6. The lowest BCUT2D eigenvalue weighted by molar-refractivity contribution is -0.126. The van der Waals surface area contributed by atoms with Crippen molar-refractivity contribution in [2.45, 2.75) is 39.5 Å². The van der Waals surface area contributed by atoms with Crippen LogP contribution in [0.25, 0.3) is 0 Å². The molecule has 0 radical (unpaired) electrons. The number of hydrogen-bond donors (Lipinski definition) is 1. The Hall–Kier alpha value is -1.31. The first-order valence-corrected chi connectivity index (χ1v) is 6.89. The summed E-state index contributed by atoms with van der Waals surface area (Å²) in [5, 5.41) is 3.04. The van der Waals surface area contributed by atoms with Crippen LogP contribution in [-0.2, 0) is 4.79 Å². The molecule has 0 aromatic heterocycles. The van der Waals surface area contributed by atoms with Gasteiger partial charge >= 0.3 is 0 Å². The molecule has 1 amide bonds. The zero-order valence-electron chi connectivity index (χ0n) is 11.6. The standard InChI is InChI=1S/C16H25NO/c1-4-7-14(8-5-2)12-17-16(18)15-10-6-9-13(3)11-15/h4-5,7-8,13,15H,1,6,9-12H2,2-3H3,(H,17,18)/b8-5-,14-7+. The van der Waals surface area contributed by atoms with Crippen molar-refractivity contribution in [3.8, 4) is 0 Å². The molecule has 0 aromatic carbocycles. The van der Waals surface area contributed by atoms with Crippen LogP contribution in [-0.4, -0.2) is 12.5 Å². The van der Waals surface area contributed by atoms with Crippen molar-refractivity contribution in [2.75, 3.05) is 6.54 Å². The fourth-order valence-corrected chi connectivity index (χ4v) is 2.54. The fraction of sp³-hybridized carbons (Fsp3) is 0.562. The molecule has 2 nitrogen and oxygen atoms in total. The van der Waals surface area contributed by atoms with Crippen molar-refractivity contribution in [1.82, 2.24) is 5.32 Å². The van der Waals surface area contributed by atoms with E-state index < -0.39 is 0 Å². The molecule has 2 heteroatoms. The highest BCUT2D eigenvalue weighted by Crippen LogP contribution is 2.28. The molecular formula is C16H25NO. The smallest absolute Gasteiger partial charge is 0.223 e. The molecule has 1 aliphatic carbocycles. The highest BCUT2D eigenvalue weighted by Gasteiger charge is 2.24. The second-order valence-corrected chi connectivity index (χ2v) is 5.16. The Balaban J connectivity index is 2.44. The van der Waals surface area contributed by atoms with Crippen molar-refractivity contribution in [3.63, 3.8) is 0 Å². The van der Waals surface area contributed by atoms with Gasteiger partial charge in [-0.15, -0.1) is 0 Å². The van der Waals surface area contributed by atoms with Crippen LogP contribution < -0.4 is 5.32 Å². The maximum atomic E-state index is 12.1. The molecule has 2 unspecified atom stereocenters. The molecule has 1 N–H and O–H groups in total. The molecule has 18 heavy (non-hydrogen) atoms. The number of amides is 1. The Morgan fingerprint density at radius 2 is 2.22 bits per heavy atom. The lowest BCUT2D eigenvalue weighted by Gasteiger charge is -2.25. The first kappa shape index (κ1) is 14.7. The molecule has 1 rings (SSSR count). The van der Waals surface area contributed by atoms with Crippen LogP contribution in [0.15, 0.2) is 36.5 Å². The molecule has 1 fully saturated rings. The van der Waals surface area contributed by atoms with E-state index in [1.54, 1.807) is 6.08 Å². The van der Waals surface area contributed by atoms with Gasteiger partial charge in [-0.2, -0.15) is 0 Å². The van der Waals surface area contributed by atoms with Crippen LogP contribution in [0.2, 0.25) is 0 Å². The zero-order chi connectivity index (χ0) is 13.4. The molecule has 0 aliphatic heterocycles. The number of hydrogen-bond acceptors (Lipinski definition) is 1. The number of carbonyl (C=O) groups excluding carboxylic acids is 1. The van der Waals surface area contributed by atoms with E-state index >= 15 is 0 Å². The van der Waals surface area contributed by atoms with Crippen molar-refractivity contribution in [3.05, 3.63) is 36.5 Å². The van der Waals surface area contributed by atoms with E-state index in [0.717, 1.165) is 18.4 Å². The molecule has 0 spiro atoms. The van der Waals surface area contributed by atoms with Gasteiger partial charge in [-0.1, -0.05) is 50.6 Å². The van der Waals surface area contributed by atoms with Gasteiger partial charge in [0.05, 0.1) is 0 Å². The third-order valence-corrected chi connectivity index (χ3v) is 3.49. The van der Waals surface area contributed by atoms with E-state index in [1.165, 1.54) is 12.8 Å². The van der Waals surface area contributed by atoms with E-state index in [0.29, 0.717) is 12.5 Å². The summed E-state index contributed by atoms with van der Waals surface area (Å²) in [4.78, 5) is 12.1. The Morgan fingerprint density at radius 3 is 2.83 bits per heavy atom. The van der Waals surface area contributed by atoms with Crippen molar-refractivity contribution >= 4 is 5.91 Å². The predicted molar refractivity (Wildman–Crippen MR) is 77.2 cm³/mol. The minimum absolute atomic E-state index is 0.209. The third-order valence-electron chi connectivity index (χ3n) is 3.49. The number of nitrogens with one attached hydrogen (secondary N) is 1. The van der Waals surface area contributed by atoms with Gasteiger partial charge in [0.1, 0.15) is 0 Å². The summed E-state index contributed by atoms with van der Waals surface area (Å²) in [7, 11) is 0. The maximum Gasteiger partial charge on any atom is 0.223 e. The average Bonchev–Trinajstić information content (AvgIpc) is 2.36. The number of carbonyl (C=O) groups is 1. The minimum Gasteiger partial charge on any atom is -0.352 e. The lowest BCUT2D eigenvalue weighted by Crippen LogP contribution is -2.34. The molecule has 2 atom stereocenters. The van der Waals surface area contributed by atoms with Crippen LogP contribution in [0.1, 0.15) is 39.5 Å². The van der Waals surface area contributed by atoms with Crippen molar-refractivity contribution < 1.29 is 4.79 Å². The van der Waals surface area contributed by atoms with Gasteiger partial charge in [0.2, 0.25) is 5.91 Å². The third kappa shape index (κ3) is 4.91. The molecule has 0 saturated heterocycles. The molecule has 1 saturated carbocycles. The summed E-state index contributed by atoms with van der Waals surface area (Å²) in [6, 6.07) is 0. The Morgan fingerprint density at radius 1 is 1.44 bits per heavy atom. The Bertz CT molecular complexity index is 341. The average molecular weight is 247 g/mol. The van der Waals surface area contributed by atoms with Crippen LogP contribution in [0.3, 0.4) is 0 Å². The Labute approximate surface area is 111 Å².